The van der Waals surface area contributed by atoms with E-state index in [-0.39, 0.29) is 0 Å². The average molecular weight is 148 g/mol. The standard InChI is InChI=1S/C7H14ClN/c1-3-4-6-9(2)7-5-8/h3-4H,5-7H2,1-2H3/b4-3+. The maximum Gasteiger partial charge on any atom is 0.0351 e. The van der Waals surface area contributed by atoms with Gasteiger partial charge in [0.05, 0.1) is 0 Å². The Balaban J connectivity index is 3.15. The van der Waals surface area contributed by atoms with Crippen molar-refractivity contribution in [3.8, 4) is 0 Å². The van der Waals surface area contributed by atoms with Crippen LogP contribution in [0.4, 0.5) is 0 Å². The molecule has 2 heteroatoms. The summed E-state index contributed by atoms with van der Waals surface area (Å²) in [6.45, 7) is 3.99. The van der Waals surface area contributed by atoms with E-state index < -0.39 is 0 Å². The zero-order chi connectivity index (χ0) is 7.11. The molecule has 0 amide bonds. The number of halogens is 1. The van der Waals surface area contributed by atoms with Gasteiger partial charge in [0.1, 0.15) is 0 Å². The van der Waals surface area contributed by atoms with E-state index >= 15 is 0 Å². The van der Waals surface area contributed by atoms with Crippen molar-refractivity contribution in [2.45, 2.75) is 6.92 Å². The van der Waals surface area contributed by atoms with E-state index in [1.54, 1.807) is 0 Å². The minimum Gasteiger partial charge on any atom is -0.302 e. The van der Waals surface area contributed by atoms with Gasteiger partial charge in [-0.1, -0.05) is 12.2 Å². The lowest BCUT2D eigenvalue weighted by molar-refractivity contribution is 0.394. The van der Waals surface area contributed by atoms with Gasteiger partial charge in [0.15, 0.2) is 0 Å². The number of allylic oxidation sites excluding steroid dienone is 1. The lowest BCUT2D eigenvalue weighted by Crippen LogP contribution is -2.20. The largest absolute Gasteiger partial charge is 0.302 e. The summed E-state index contributed by atoms with van der Waals surface area (Å²) >= 11 is 5.51. The van der Waals surface area contributed by atoms with Gasteiger partial charge in [-0.25, -0.2) is 0 Å². The van der Waals surface area contributed by atoms with Gasteiger partial charge in [0, 0.05) is 19.0 Å². The Bertz CT molecular complexity index is 81.0. The van der Waals surface area contributed by atoms with E-state index in [2.05, 4.69) is 18.0 Å². The fourth-order valence-corrected chi connectivity index (χ4v) is 0.809. The van der Waals surface area contributed by atoms with Crippen molar-refractivity contribution in [3.63, 3.8) is 0 Å². The number of alkyl halides is 1. The molecule has 0 rings (SSSR count). The minimum absolute atomic E-state index is 0.716. The summed E-state index contributed by atoms with van der Waals surface area (Å²) in [5, 5.41) is 0. The number of nitrogens with zero attached hydrogens (tertiary/aromatic N) is 1. The Morgan fingerprint density at radius 3 is 2.67 bits per heavy atom. The molecule has 9 heavy (non-hydrogen) atoms. The van der Waals surface area contributed by atoms with Crippen LogP contribution < -0.4 is 0 Å². The van der Waals surface area contributed by atoms with Gasteiger partial charge in [-0.2, -0.15) is 0 Å². The zero-order valence-electron chi connectivity index (χ0n) is 6.10. The van der Waals surface area contributed by atoms with Gasteiger partial charge in [-0.05, 0) is 14.0 Å². The third-order valence-corrected chi connectivity index (χ3v) is 1.29. The maximum atomic E-state index is 5.51. The molecule has 0 fully saturated rings. The monoisotopic (exact) mass is 147 g/mol. The van der Waals surface area contributed by atoms with Crippen LogP contribution in [0.2, 0.25) is 0 Å². The van der Waals surface area contributed by atoms with Crippen molar-refractivity contribution in [2.75, 3.05) is 26.0 Å². The highest BCUT2D eigenvalue weighted by molar-refractivity contribution is 6.18. The Hall–Kier alpha value is -0.0100. The smallest absolute Gasteiger partial charge is 0.0351 e. The molecule has 0 spiro atoms. The van der Waals surface area contributed by atoms with E-state index in [4.69, 9.17) is 11.6 Å². The molecular formula is C7H14ClN. The zero-order valence-corrected chi connectivity index (χ0v) is 6.86. The minimum atomic E-state index is 0.716. The molecule has 0 radical (unpaired) electrons. The van der Waals surface area contributed by atoms with E-state index in [9.17, 15) is 0 Å². The SMILES string of the molecule is C/C=C/CN(C)CCCl. The molecule has 0 aromatic carbocycles. The van der Waals surface area contributed by atoms with E-state index in [0.29, 0.717) is 5.88 Å². The van der Waals surface area contributed by atoms with Gasteiger partial charge < -0.3 is 4.90 Å². The molecule has 0 bridgehead atoms. The molecule has 0 saturated carbocycles. The molecule has 0 aliphatic heterocycles. The molecule has 0 aromatic heterocycles. The van der Waals surface area contributed by atoms with Crippen LogP contribution in [0.3, 0.4) is 0 Å². The second-order valence-electron chi connectivity index (χ2n) is 2.02. The summed E-state index contributed by atoms with van der Waals surface area (Å²) in [6, 6.07) is 0. The second-order valence-corrected chi connectivity index (χ2v) is 2.40. The molecule has 1 nitrogen and oxygen atoms in total. The van der Waals surface area contributed by atoms with Crippen LogP contribution in [0.25, 0.3) is 0 Å². The van der Waals surface area contributed by atoms with Crippen LogP contribution in [-0.4, -0.2) is 30.9 Å². The van der Waals surface area contributed by atoms with E-state index in [0.717, 1.165) is 13.1 Å². The van der Waals surface area contributed by atoms with E-state index in [1.165, 1.54) is 0 Å². The molecule has 0 aliphatic carbocycles. The van der Waals surface area contributed by atoms with E-state index in [1.807, 2.05) is 13.0 Å². The Morgan fingerprint density at radius 2 is 2.22 bits per heavy atom. The van der Waals surface area contributed by atoms with Gasteiger partial charge in [-0.15, -0.1) is 11.6 Å². The van der Waals surface area contributed by atoms with Crippen molar-refractivity contribution in [1.82, 2.24) is 4.90 Å². The van der Waals surface area contributed by atoms with Crippen molar-refractivity contribution in [1.29, 1.82) is 0 Å². The first kappa shape index (κ1) is 8.99. The van der Waals surface area contributed by atoms with Crippen LogP contribution in [0.15, 0.2) is 12.2 Å². The highest BCUT2D eigenvalue weighted by Gasteiger charge is 1.90. The van der Waals surface area contributed by atoms with Crippen LogP contribution in [0.5, 0.6) is 0 Å². The summed E-state index contributed by atoms with van der Waals surface area (Å²) in [7, 11) is 2.06. The van der Waals surface area contributed by atoms with Crippen LogP contribution >= 0.6 is 11.6 Å². The molecule has 0 unspecified atom stereocenters. The third kappa shape index (κ3) is 5.87. The maximum absolute atomic E-state index is 5.51. The lowest BCUT2D eigenvalue weighted by Gasteiger charge is -2.10. The molecule has 0 aliphatic rings. The van der Waals surface area contributed by atoms with Gasteiger partial charge in [0.25, 0.3) is 0 Å². The first-order chi connectivity index (χ1) is 4.31. The summed E-state index contributed by atoms with van der Waals surface area (Å²) in [5.74, 6) is 0.716. The molecule has 0 atom stereocenters. The Kier molecular flexibility index (Phi) is 6.11. The predicted octanol–water partition coefficient (Wildman–Crippen LogP) is 1.73. The van der Waals surface area contributed by atoms with Crippen LogP contribution in [0, 0.1) is 0 Å². The number of rotatable bonds is 4. The van der Waals surface area contributed by atoms with Gasteiger partial charge >= 0.3 is 0 Å². The first-order valence-electron chi connectivity index (χ1n) is 3.17. The summed E-state index contributed by atoms with van der Waals surface area (Å²) in [4.78, 5) is 2.17. The van der Waals surface area contributed by atoms with Crippen molar-refractivity contribution < 1.29 is 0 Å². The van der Waals surface area contributed by atoms with Crippen molar-refractivity contribution in [3.05, 3.63) is 12.2 Å². The molecular weight excluding hydrogens is 134 g/mol. The molecule has 0 N–H and O–H groups in total. The highest BCUT2D eigenvalue weighted by atomic mass is 35.5. The highest BCUT2D eigenvalue weighted by Crippen LogP contribution is 1.84. The summed E-state index contributed by atoms with van der Waals surface area (Å²) in [5.41, 5.74) is 0. The molecule has 0 heterocycles. The van der Waals surface area contributed by atoms with Crippen molar-refractivity contribution in [2.24, 2.45) is 0 Å². The fraction of sp³-hybridized carbons (Fsp3) is 0.714. The lowest BCUT2D eigenvalue weighted by atomic mass is 10.5. The number of hydrogen-bond acceptors (Lipinski definition) is 1. The number of likely N-dealkylation sites (N-methyl/N-ethyl adjacent to an activating group) is 1. The van der Waals surface area contributed by atoms with Gasteiger partial charge in [-0.3, -0.25) is 0 Å². The average Bonchev–Trinajstić information content (AvgIpc) is 1.85. The Morgan fingerprint density at radius 1 is 1.56 bits per heavy atom. The normalized spacial score (nSPS) is 11.6. The topological polar surface area (TPSA) is 3.24 Å². The molecule has 0 saturated heterocycles. The quantitative estimate of drug-likeness (QED) is 0.433. The van der Waals surface area contributed by atoms with Crippen molar-refractivity contribution >= 4 is 11.6 Å². The molecule has 54 valence electrons. The second kappa shape index (κ2) is 6.12. The predicted molar refractivity (Wildman–Crippen MR) is 43.0 cm³/mol. The fourth-order valence-electron chi connectivity index (χ4n) is 0.521. The molecule has 0 aromatic rings. The first-order valence-corrected chi connectivity index (χ1v) is 3.70. The number of hydrogen-bond donors (Lipinski definition) is 0. The van der Waals surface area contributed by atoms with Crippen LogP contribution in [0.1, 0.15) is 6.92 Å². The summed E-state index contributed by atoms with van der Waals surface area (Å²) < 4.78 is 0. The Labute approximate surface area is 62.3 Å². The van der Waals surface area contributed by atoms with Gasteiger partial charge in [0.2, 0.25) is 0 Å². The third-order valence-electron chi connectivity index (χ3n) is 1.12. The summed E-state index contributed by atoms with van der Waals surface area (Å²) in [6.07, 6.45) is 4.16. The van der Waals surface area contributed by atoms with Crippen LogP contribution in [-0.2, 0) is 0 Å².